The highest BCUT2D eigenvalue weighted by Crippen LogP contribution is 2.23. The Morgan fingerprint density at radius 2 is 2.27 bits per heavy atom. The first-order valence-electron chi connectivity index (χ1n) is 3.69. The lowest BCUT2D eigenvalue weighted by atomic mass is 10.2. The molecule has 0 radical (unpaired) electrons. The van der Waals surface area contributed by atoms with E-state index in [9.17, 15) is 4.79 Å². The lowest BCUT2D eigenvalue weighted by Crippen LogP contribution is -2.23. The van der Waals surface area contributed by atoms with Gasteiger partial charge in [-0.2, -0.15) is 0 Å². The highest BCUT2D eigenvalue weighted by Gasteiger charge is 2.26. The van der Waals surface area contributed by atoms with E-state index in [1.807, 2.05) is 19.9 Å². The molecule has 1 unspecified atom stereocenters. The first-order valence-corrected chi connectivity index (χ1v) is 3.69. The summed E-state index contributed by atoms with van der Waals surface area (Å²) in [6.45, 7) is 7.60. The van der Waals surface area contributed by atoms with Gasteiger partial charge in [-0.1, -0.05) is 6.58 Å². The summed E-state index contributed by atoms with van der Waals surface area (Å²) in [5, 5.41) is 0. The Balaban J connectivity index is 2.92. The van der Waals surface area contributed by atoms with Gasteiger partial charge >= 0.3 is 0 Å². The third-order valence-corrected chi connectivity index (χ3v) is 1.93. The molecule has 0 bridgehead atoms. The van der Waals surface area contributed by atoms with Crippen molar-refractivity contribution in [2.24, 2.45) is 5.92 Å². The summed E-state index contributed by atoms with van der Waals surface area (Å²) < 4.78 is 0. The van der Waals surface area contributed by atoms with Crippen LogP contribution in [0.2, 0.25) is 0 Å². The zero-order chi connectivity index (χ0) is 8.59. The van der Waals surface area contributed by atoms with E-state index >= 15 is 0 Å². The van der Waals surface area contributed by atoms with Crippen LogP contribution < -0.4 is 0 Å². The minimum absolute atomic E-state index is 0.0201. The van der Waals surface area contributed by atoms with Crippen LogP contribution in [-0.2, 0) is 4.79 Å². The molecule has 0 aromatic rings. The van der Waals surface area contributed by atoms with Crippen LogP contribution in [0.4, 0.5) is 0 Å². The van der Waals surface area contributed by atoms with Crippen molar-refractivity contribution in [3.63, 3.8) is 0 Å². The van der Waals surface area contributed by atoms with E-state index < -0.39 is 0 Å². The second-order valence-electron chi connectivity index (χ2n) is 3.02. The smallest absolute Gasteiger partial charge is 0.233 e. The first-order chi connectivity index (χ1) is 5.04. The Bertz CT molecular complexity index is 240. The van der Waals surface area contributed by atoms with Gasteiger partial charge in [0.1, 0.15) is 0 Å². The van der Waals surface area contributed by atoms with E-state index in [-0.39, 0.29) is 11.8 Å². The Morgan fingerprint density at radius 1 is 1.73 bits per heavy atom. The molecule has 1 amide bonds. The first kappa shape index (κ1) is 8.05. The van der Waals surface area contributed by atoms with Gasteiger partial charge in [0.15, 0.2) is 0 Å². The summed E-state index contributed by atoms with van der Waals surface area (Å²) >= 11 is 0. The summed E-state index contributed by atoms with van der Waals surface area (Å²) in [6.07, 6.45) is 1.95. The van der Waals surface area contributed by atoms with Crippen molar-refractivity contribution in [2.45, 2.75) is 13.8 Å². The largest absolute Gasteiger partial charge is 0.315 e. The van der Waals surface area contributed by atoms with Gasteiger partial charge in [-0.05, 0) is 25.5 Å². The average Bonchev–Trinajstić information content (AvgIpc) is 2.17. The summed E-state index contributed by atoms with van der Waals surface area (Å²) in [7, 11) is 1.78. The van der Waals surface area contributed by atoms with E-state index in [0.29, 0.717) is 0 Å². The molecule has 0 aromatic heterocycles. The SMILES string of the molecule is C=C(C)C1=CC(C)C(=O)N1C. The van der Waals surface area contributed by atoms with Crippen LogP contribution in [0, 0.1) is 5.92 Å². The number of hydrogen-bond acceptors (Lipinski definition) is 1. The molecule has 2 heteroatoms. The van der Waals surface area contributed by atoms with E-state index in [4.69, 9.17) is 0 Å². The van der Waals surface area contributed by atoms with Crippen LogP contribution in [0.5, 0.6) is 0 Å². The Morgan fingerprint density at radius 3 is 2.45 bits per heavy atom. The Labute approximate surface area is 67.2 Å². The van der Waals surface area contributed by atoms with Crippen LogP contribution in [0.15, 0.2) is 23.9 Å². The number of likely N-dealkylation sites (N-methyl/N-ethyl adjacent to an activating group) is 1. The molecule has 11 heavy (non-hydrogen) atoms. The fourth-order valence-electron chi connectivity index (χ4n) is 1.27. The number of amides is 1. The maximum absolute atomic E-state index is 11.3. The summed E-state index contributed by atoms with van der Waals surface area (Å²) in [4.78, 5) is 12.9. The zero-order valence-corrected chi connectivity index (χ0v) is 7.22. The van der Waals surface area contributed by atoms with Crippen LogP contribution in [0.1, 0.15) is 13.8 Å². The lowest BCUT2D eigenvalue weighted by Gasteiger charge is -2.14. The third kappa shape index (κ3) is 1.20. The zero-order valence-electron chi connectivity index (χ0n) is 7.22. The minimum Gasteiger partial charge on any atom is -0.315 e. The van der Waals surface area contributed by atoms with E-state index in [2.05, 4.69) is 6.58 Å². The van der Waals surface area contributed by atoms with Gasteiger partial charge in [0.25, 0.3) is 0 Å². The van der Waals surface area contributed by atoms with Crippen molar-refractivity contribution < 1.29 is 4.79 Å². The fourth-order valence-corrected chi connectivity index (χ4v) is 1.27. The number of rotatable bonds is 1. The van der Waals surface area contributed by atoms with Crippen LogP contribution in [-0.4, -0.2) is 17.9 Å². The molecule has 0 N–H and O–H groups in total. The number of carbonyl (C=O) groups is 1. The minimum atomic E-state index is 0.0201. The monoisotopic (exact) mass is 151 g/mol. The number of hydrogen-bond donors (Lipinski definition) is 0. The van der Waals surface area contributed by atoms with Gasteiger partial charge in [-0.15, -0.1) is 0 Å². The van der Waals surface area contributed by atoms with Crippen LogP contribution >= 0.6 is 0 Å². The Kier molecular flexibility index (Phi) is 1.85. The summed E-state index contributed by atoms with van der Waals surface area (Å²) in [5.74, 6) is 0.176. The highest BCUT2D eigenvalue weighted by atomic mass is 16.2. The van der Waals surface area contributed by atoms with Gasteiger partial charge < -0.3 is 4.90 Å². The maximum Gasteiger partial charge on any atom is 0.233 e. The highest BCUT2D eigenvalue weighted by molar-refractivity contribution is 5.85. The molecule has 0 fully saturated rings. The maximum atomic E-state index is 11.3. The second-order valence-corrected chi connectivity index (χ2v) is 3.02. The van der Waals surface area contributed by atoms with Crippen molar-refractivity contribution in [1.29, 1.82) is 0 Å². The number of allylic oxidation sites excluding steroid dienone is 1. The lowest BCUT2D eigenvalue weighted by molar-refractivity contribution is -0.128. The molecule has 1 atom stereocenters. The molecule has 0 spiro atoms. The molecular formula is C9H13NO. The van der Waals surface area contributed by atoms with Crippen molar-refractivity contribution in [2.75, 3.05) is 7.05 Å². The van der Waals surface area contributed by atoms with Gasteiger partial charge in [-0.25, -0.2) is 0 Å². The quantitative estimate of drug-likeness (QED) is 0.557. The summed E-state index contributed by atoms with van der Waals surface area (Å²) in [5.41, 5.74) is 1.91. The standard InChI is InChI=1S/C9H13NO/c1-6(2)8-5-7(3)9(11)10(8)4/h5,7H,1H2,2-4H3. The topological polar surface area (TPSA) is 20.3 Å². The van der Waals surface area contributed by atoms with Crippen molar-refractivity contribution in [1.82, 2.24) is 4.90 Å². The molecule has 1 heterocycles. The van der Waals surface area contributed by atoms with Crippen molar-refractivity contribution in [3.8, 4) is 0 Å². The molecule has 2 nitrogen and oxygen atoms in total. The molecule has 1 rings (SSSR count). The molecule has 60 valence electrons. The normalized spacial score (nSPS) is 23.9. The summed E-state index contributed by atoms with van der Waals surface area (Å²) in [6, 6.07) is 0. The molecule has 1 aliphatic heterocycles. The van der Waals surface area contributed by atoms with E-state index in [1.165, 1.54) is 0 Å². The van der Waals surface area contributed by atoms with Gasteiger partial charge in [0, 0.05) is 12.7 Å². The Hall–Kier alpha value is -1.05. The van der Waals surface area contributed by atoms with Crippen molar-refractivity contribution in [3.05, 3.63) is 23.9 Å². The van der Waals surface area contributed by atoms with E-state index in [0.717, 1.165) is 11.3 Å². The van der Waals surface area contributed by atoms with Gasteiger partial charge in [-0.3, -0.25) is 4.79 Å². The van der Waals surface area contributed by atoms with Gasteiger partial charge in [0.05, 0.1) is 5.92 Å². The molecule has 1 aliphatic rings. The van der Waals surface area contributed by atoms with Crippen LogP contribution in [0.3, 0.4) is 0 Å². The van der Waals surface area contributed by atoms with Gasteiger partial charge in [0.2, 0.25) is 5.91 Å². The predicted octanol–water partition coefficient (Wildman–Crippen LogP) is 1.55. The van der Waals surface area contributed by atoms with Crippen molar-refractivity contribution >= 4 is 5.91 Å². The number of carbonyl (C=O) groups excluding carboxylic acids is 1. The third-order valence-electron chi connectivity index (χ3n) is 1.93. The predicted molar refractivity (Wildman–Crippen MR) is 44.8 cm³/mol. The second kappa shape index (κ2) is 2.53. The molecule has 0 saturated carbocycles. The molecule has 0 saturated heterocycles. The molecule has 0 aromatic carbocycles. The molecule has 0 aliphatic carbocycles. The van der Waals surface area contributed by atoms with E-state index in [1.54, 1.807) is 11.9 Å². The average molecular weight is 151 g/mol. The number of nitrogens with zero attached hydrogens (tertiary/aromatic N) is 1. The fraction of sp³-hybridized carbons (Fsp3) is 0.444. The molecular weight excluding hydrogens is 138 g/mol. The van der Waals surface area contributed by atoms with Crippen LogP contribution in [0.25, 0.3) is 0 Å².